The smallest absolute Gasteiger partial charge is 0.349 e. The molecule has 9 nitrogen and oxygen atoms in total. The summed E-state index contributed by atoms with van der Waals surface area (Å²) in [5.41, 5.74) is 7.27. The first kappa shape index (κ1) is 24.1. The van der Waals surface area contributed by atoms with Gasteiger partial charge in [-0.25, -0.2) is 9.78 Å². The number of primary amides is 1. The lowest BCUT2D eigenvalue weighted by atomic mass is 10.1. The van der Waals surface area contributed by atoms with Crippen LogP contribution in [0.15, 0.2) is 39.5 Å². The summed E-state index contributed by atoms with van der Waals surface area (Å²) in [7, 11) is 0. The third-order valence-corrected chi connectivity index (χ3v) is 7.18. The molecule has 0 atom stereocenters. The summed E-state index contributed by atoms with van der Waals surface area (Å²) in [6.45, 7) is 3.62. The van der Waals surface area contributed by atoms with Crippen molar-refractivity contribution in [3.63, 3.8) is 0 Å². The molecule has 36 heavy (non-hydrogen) atoms. The first-order valence-electron chi connectivity index (χ1n) is 11.5. The minimum Gasteiger partial charge on any atom is -0.422 e. The molecule has 1 fully saturated rings. The highest BCUT2D eigenvalue weighted by molar-refractivity contribution is 6.42. The van der Waals surface area contributed by atoms with E-state index in [-0.39, 0.29) is 11.5 Å². The fourth-order valence-corrected chi connectivity index (χ4v) is 4.94. The number of anilines is 2. The summed E-state index contributed by atoms with van der Waals surface area (Å²) in [5, 5.41) is 4.70. The quantitative estimate of drug-likeness (QED) is 0.338. The number of amides is 2. The summed E-state index contributed by atoms with van der Waals surface area (Å²) >= 11 is 12.3. The number of aryl methyl sites for hydroxylation is 2. The van der Waals surface area contributed by atoms with Gasteiger partial charge < -0.3 is 24.9 Å². The number of carbonyl (C=O) groups excluding carboxylic acids is 2. The van der Waals surface area contributed by atoms with Gasteiger partial charge in [-0.2, -0.15) is 0 Å². The van der Waals surface area contributed by atoms with E-state index in [2.05, 4.69) is 5.32 Å². The molecular formula is C25H23Cl2N5O4. The lowest BCUT2D eigenvalue weighted by molar-refractivity contribution is -0.127. The Kier molecular flexibility index (Phi) is 6.36. The minimum absolute atomic E-state index is 0.174. The predicted molar refractivity (Wildman–Crippen MR) is 139 cm³/mol. The third-order valence-electron chi connectivity index (χ3n) is 6.44. The molecule has 1 saturated heterocycles. The lowest BCUT2D eigenvalue weighted by Crippen LogP contribution is -2.26. The van der Waals surface area contributed by atoms with E-state index in [9.17, 15) is 14.4 Å². The molecule has 5 rings (SSSR count). The van der Waals surface area contributed by atoms with Crippen LogP contribution in [0.2, 0.25) is 10.0 Å². The molecular weight excluding hydrogens is 505 g/mol. The Hall–Kier alpha value is -3.56. The van der Waals surface area contributed by atoms with Gasteiger partial charge in [0.2, 0.25) is 11.9 Å². The Bertz CT molecular complexity index is 1590. The molecule has 4 aromatic rings. The van der Waals surface area contributed by atoms with Gasteiger partial charge in [-0.1, -0.05) is 23.2 Å². The van der Waals surface area contributed by atoms with Gasteiger partial charge in [0.05, 0.1) is 21.1 Å². The number of rotatable bonds is 7. The summed E-state index contributed by atoms with van der Waals surface area (Å²) in [6, 6.07) is 8.69. The maximum atomic E-state index is 12.4. The van der Waals surface area contributed by atoms with Crippen LogP contribution in [0, 0.1) is 6.92 Å². The van der Waals surface area contributed by atoms with Crippen LogP contribution >= 0.6 is 23.2 Å². The van der Waals surface area contributed by atoms with Crippen molar-refractivity contribution in [1.29, 1.82) is 0 Å². The molecule has 0 unspecified atom stereocenters. The zero-order chi connectivity index (χ0) is 25.6. The average Bonchev–Trinajstić information content (AvgIpc) is 3.37. The molecule has 11 heteroatoms. The molecule has 2 aromatic heterocycles. The Morgan fingerprint density at radius 3 is 2.67 bits per heavy atom. The van der Waals surface area contributed by atoms with Crippen LogP contribution in [-0.2, 0) is 11.3 Å². The predicted octanol–water partition coefficient (Wildman–Crippen LogP) is 4.61. The van der Waals surface area contributed by atoms with Crippen molar-refractivity contribution in [2.24, 2.45) is 5.73 Å². The number of nitrogens with two attached hydrogens (primary N) is 1. The van der Waals surface area contributed by atoms with E-state index >= 15 is 0 Å². The molecule has 0 bridgehead atoms. The molecule has 0 saturated carbocycles. The molecule has 186 valence electrons. The highest BCUT2D eigenvalue weighted by Crippen LogP contribution is 2.31. The normalized spacial score (nSPS) is 13.8. The highest BCUT2D eigenvalue weighted by Gasteiger charge is 2.21. The summed E-state index contributed by atoms with van der Waals surface area (Å²) in [4.78, 5) is 42.9. The van der Waals surface area contributed by atoms with E-state index in [0.29, 0.717) is 69.7 Å². The van der Waals surface area contributed by atoms with Gasteiger partial charge in [-0.3, -0.25) is 9.59 Å². The van der Waals surface area contributed by atoms with Gasteiger partial charge in [0, 0.05) is 43.2 Å². The van der Waals surface area contributed by atoms with Gasteiger partial charge in [0.1, 0.15) is 11.1 Å². The van der Waals surface area contributed by atoms with Crippen LogP contribution in [0.25, 0.3) is 22.0 Å². The first-order valence-corrected chi connectivity index (χ1v) is 12.3. The van der Waals surface area contributed by atoms with Gasteiger partial charge in [0.15, 0.2) is 0 Å². The molecule has 0 radical (unpaired) electrons. The van der Waals surface area contributed by atoms with Crippen molar-refractivity contribution in [2.45, 2.75) is 32.7 Å². The molecule has 2 aromatic carbocycles. The Morgan fingerprint density at radius 2 is 1.97 bits per heavy atom. The largest absolute Gasteiger partial charge is 0.422 e. The molecule has 1 aliphatic heterocycles. The van der Waals surface area contributed by atoms with Crippen LogP contribution < -0.4 is 16.7 Å². The van der Waals surface area contributed by atoms with Crippen molar-refractivity contribution in [1.82, 2.24) is 14.5 Å². The second kappa shape index (κ2) is 9.48. The van der Waals surface area contributed by atoms with Gasteiger partial charge in [0.25, 0.3) is 5.91 Å². The number of carbonyl (C=O) groups is 2. The topological polar surface area (TPSA) is 123 Å². The van der Waals surface area contributed by atoms with Gasteiger partial charge in [-0.15, -0.1) is 0 Å². The van der Waals surface area contributed by atoms with Crippen LogP contribution in [0.4, 0.5) is 11.6 Å². The number of nitrogens with zero attached hydrogens (tertiary/aromatic N) is 3. The van der Waals surface area contributed by atoms with E-state index in [4.69, 9.17) is 38.3 Å². The standard InChI is InChI=1S/C25H23Cl2N5O4/c1-13-15-11-18-19(12-20(15)36-24(35)22(13)23(28)34)32(9-3-8-31-7-2-4-21(31)33)25(30-18)29-14-5-6-16(26)17(27)10-14/h5-6,10-12H,2-4,7-9H2,1H3,(H2,28,34)(H,29,30). The van der Waals surface area contributed by atoms with E-state index in [1.165, 1.54) is 0 Å². The lowest BCUT2D eigenvalue weighted by Gasteiger charge is -2.17. The van der Waals surface area contributed by atoms with E-state index in [0.717, 1.165) is 18.5 Å². The number of aromatic nitrogens is 2. The molecule has 3 N–H and O–H groups in total. The van der Waals surface area contributed by atoms with Gasteiger partial charge >= 0.3 is 5.63 Å². The van der Waals surface area contributed by atoms with Gasteiger partial charge in [-0.05, 0) is 49.6 Å². The number of likely N-dealkylation sites (tertiary alicyclic amines) is 1. The van der Waals surface area contributed by atoms with Crippen molar-refractivity contribution in [2.75, 3.05) is 18.4 Å². The summed E-state index contributed by atoms with van der Waals surface area (Å²) in [5.74, 6) is -0.123. The number of hydrogen-bond donors (Lipinski definition) is 2. The highest BCUT2D eigenvalue weighted by atomic mass is 35.5. The van der Waals surface area contributed by atoms with Crippen molar-refractivity contribution < 1.29 is 14.0 Å². The van der Waals surface area contributed by atoms with Crippen molar-refractivity contribution >= 4 is 68.7 Å². The summed E-state index contributed by atoms with van der Waals surface area (Å²) < 4.78 is 7.42. The number of halogens is 2. The maximum Gasteiger partial charge on any atom is 0.349 e. The molecule has 2 amide bonds. The van der Waals surface area contributed by atoms with Crippen LogP contribution in [-0.4, -0.2) is 39.4 Å². The van der Waals surface area contributed by atoms with Crippen LogP contribution in [0.3, 0.4) is 0 Å². The number of imidazole rings is 1. The van der Waals surface area contributed by atoms with Crippen molar-refractivity contribution in [3.05, 3.63) is 61.9 Å². The maximum absolute atomic E-state index is 12.4. The van der Waals surface area contributed by atoms with Crippen LogP contribution in [0.1, 0.15) is 35.2 Å². The molecule has 1 aliphatic rings. The fraction of sp³-hybridized carbons (Fsp3) is 0.280. The minimum atomic E-state index is -0.841. The first-order chi connectivity index (χ1) is 17.2. The van der Waals surface area contributed by atoms with E-state index in [1.54, 1.807) is 37.3 Å². The number of fused-ring (bicyclic) bond motifs is 2. The monoisotopic (exact) mass is 527 g/mol. The summed E-state index contributed by atoms with van der Waals surface area (Å²) in [6.07, 6.45) is 2.18. The molecule has 0 aliphatic carbocycles. The number of hydrogen-bond acceptors (Lipinski definition) is 6. The van der Waals surface area contributed by atoms with Crippen LogP contribution in [0.5, 0.6) is 0 Å². The second-order valence-electron chi connectivity index (χ2n) is 8.77. The fourth-order valence-electron chi connectivity index (χ4n) is 4.64. The number of benzene rings is 2. The van der Waals surface area contributed by atoms with E-state index < -0.39 is 11.5 Å². The van der Waals surface area contributed by atoms with E-state index in [1.807, 2.05) is 9.47 Å². The van der Waals surface area contributed by atoms with Crippen molar-refractivity contribution in [3.8, 4) is 0 Å². The molecule has 3 heterocycles. The SMILES string of the molecule is Cc1c(C(N)=O)c(=O)oc2cc3c(cc12)nc(Nc1ccc(Cl)c(Cl)c1)n3CCCN1CCCC1=O. The Labute approximate surface area is 215 Å². The zero-order valence-corrected chi connectivity index (χ0v) is 20.9. The zero-order valence-electron chi connectivity index (χ0n) is 19.4. The third kappa shape index (κ3) is 4.40. The Morgan fingerprint density at radius 1 is 1.17 bits per heavy atom. The Balaban J connectivity index is 1.59. The average molecular weight is 528 g/mol. The molecule has 0 spiro atoms. The second-order valence-corrected chi connectivity index (χ2v) is 9.58. The number of nitrogens with one attached hydrogen (secondary N) is 1.